The SMILES string of the molecule is COc1cc(CCc2noc(N)c2C)cc(OC)c1. The molecule has 0 saturated heterocycles. The smallest absolute Gasteiger partial charge is 0.225 e. The Balaban J connectivity index is 2.12. The Morgan fingerprint density at radius 3 is 2.21 bits per heavy atom. The molecule has 0 aliphatic carbocycles. The standard InChI is InChI=1S/C14H18N2O3/c1-9-13(16-19-14(9)15)5-4-10-6-11(17-2)8-12(7-10)18-3/h6-8H,4-5,15H2,1-3H3. The molecule has 0 aliphatic rings. The highest BCUT2D eigenvalue weighted by Gasteiger charge is 2.09. The fraction of sp³-hybridized carbons (Fsp3) is 0.357. The Morgan fingerprint density at radius 1 is 1.11 bits per heavy atom. The van der Waals surface area contributed by atoms with Crippen molar-refractivity contribution in [2.24, 2.45) is 0 Å². The number of nitrogen functional groups attached to an aromatic ring is 1. The Morgan fingerprint density at radius 2 is 1.74 bits per heavy atom. The molecule has 2 aromatic rings. The minimum atomic E-state index is 0.387. The van der Waals surface area contributed by atoms with Crippen LogP contribution >= 0.6 is 0 Å². The highest BCUT2D eigenvalue weighted by Crippen LogP contribution is 2.24. The van der Waals surface area contributed by atoms with E-state index in [1.54, 1.807) is 14.2 Å². The van der Waals surface area contributed by atoms with E-state index in [4.69, 9.17) is 19.7 Å². The molecule has 0 atom stereocenters. The summed E-state index contributed by atoms with van der Waals surface area (Å²) in [6, 6.07) is 5.82. The molecule has 0 fully saturated rings. The number of benzene rings is 1. The van der Waals surface area contributed by atoms with E-state index in [1.807, 2.05) is 25.1 Å². The van der Waals surface area contributed by atoms with Crippen molar-refractivity contribution in [1.29, 1.82) is 0 Å². The largest absolute Gasteiger partial charge is 0.497 e. The highest BCUT2D eigenvalue weighted by molar-refractivity contribution is 5.40. The van der Waals surface area contributed by atoms with Gasteiger partial charge in [0.05, 0.1) is 19.9 Å². The van der Waals surface area contributed by atoms with Crippen molar-refractivity contribution in [3.63, 3.8) is 0 Å². The van der Waals surface area contributed by atoms with Crippen LogP contribution in [0.15, 0.2) is 22.7 Å². The van der Waals surface area contributed by atoms with E-state index >= 15 is 0 Å². The van der Waals surface area contributed by atoms with Crippen LogP contribution in [-0.2, 0) is 12.8 Å². The van der Waals surface area contributed by atoms with Crippen molar-refractivity contribution in [2.45, 2.75) is 19.8 Å². The van der Waals surface area contributed by atoms with E-state index < -0.39 is 0 Å². The molecule has 2 rings (SSSR count). The van der Waals surface area contributed by atoms with E-state index in [1.165, 1.54) is 0 Å². The first-order chi connectivity index (χ1) is 9.13. The lowest BCUT2D eigenvalue weighted by molar-refractivity contribution is 0.393. The number of aromatic nitrogens is 1. The monoisotopic (exact) mass is 262 g/mol. The molecule has 19 heavy (non-hydrogen) atoms. The number of ether oxygens (including phenoxy) is 2. The van der Waals surface area contributed by atoms with Crippen LogP contribution in [0, 0.1) is 6.92 Å². The van der Waals surface area contributed by atoms with Crippen molar-refractivity contribution in [2.75, 3.05) is 20.0 Å². The highest BCUT2D eigenvalue weighted by atomic mass is 16.5. The average Bonchev–Trinajstić information content (AvgIpc) is 2.76. The third kappa shape index (κ3) is 2.99. The second-order valence-corrected chi connectivity index (χ2v) is 4.34. The summed E-state index contributed by atoms with van der Waals surface area (Å²) in [6.45, 7) is 1.91. The predicted octanol–water partition coefficient (Wildman–Crippen LogP) is 2.37. The number of rotatable bonds is 5. The number of nitrogens with two attached hydrogens (primary N) is 1. The van der Waals surface area contributed by atoms with Gasteiger partial charge in [-0.05, 0) is 37.5 Å². The van der Waals surface area contributed by atoms with E-state index in [0.717, 1.165) is 41.2 Å². The Hall–Kier alpha value is -2.17. The number of methoxy groups -OCH3 is 2. The fourth-order valence-electron chi connectivity index (χ4n) is 1.89. The molecule has 1 aromatic carbocycles. The van der Waals surface area contributed by atoms with Crippen LogP contribution < -0.4 is 15.2 Å². The molecule has 2 N–H and O–H groups in total. The summed E-state index contributed by atoms with van der Waals surface area (Å²) in [5, 5.41) is 3.95. The maximum Gasteiger partial charge on any atom is 0.225 e. The maximum absolute atomic E-state index is 5.63. The predicted molar refractivity (Wildman–Crippen MR) is 72.6 cm³/mol. The first kappa shape index (κ1) is 13.3. The fourth-order valence-corrected chi connectivity index (χ4v) is 1.89. The lowest BCUT2D eigenvalue weighted by atomic mass is 10.1. The topological polar surface area (TPSA) is 70.5 Å². The van der Waals surface area contributed by atoms with E-state index in [2.05, 4.69) is 5.16 Å². The van der Waals surface area contributed by atoms with Gasteiger partial charge in [0.1, 0.15) is 11.5 Å². The lowest BCUT2D eigenvalue weighted by Gasteiger charge is -2.08. The average molecular weight is 262 g/mol. The van der Waals surface area contributed by atoms with Gasteiger partial charge in [0.15, 0.2) is 0 Å². The zero-order valence-electron chi connectivity index (χ0n) is 11.4. The molecule has 102 valence electrons. The third-order valence-electron chi connectivity index (χ3n) is 3.12. The van der Waals surface area contributed by atoms with E-state index in [0.29, 0.717) is 5.88 Å². The van der Waals surface area contributed by atoms with Crippen molar-refractivity contribution in [3.05, 3.63) is 35.0 Å². The van der Waals surface area contributed by atoms with Gasteiger partial charge in [-0.25, -0.2) is 0 Å². The van der Waals surface area contributed by atoms with Gasteiger partial charge in [0.2, 0.25) is 5.88 Å². The molecular formula is C14H18N2O3. The maximum atomic E-state index is 5.63. The van der Waals surface area contributed by atoms with Gasteiger partial charge in [-0.2, -0.15) is 0 Å². The van der Waals surface area contributed by atoms with Crippen molar-refractivity contribution < 1.29 is 14.0 Å². The third-order valence-corrected chi connectivity index (χ3v) is 3.12. The van der Waals surface area contributed by atoms with Crippen LogP contribution in [-0.4, -0.2) is 19.4 Å². The summed E-state index contributed by atoms with van der Waals surface area (Å²) in [6.07, 6.45) is 1.59. The molecule has 5 heteroatoms. The molecule has 5 nitrogen and oxygen atoms in total. The first-order valence-corrected chi connectivity index (χ1v) is 6.06. The minimum absolute atomic E-state index is 0.387. The van der Waals surface area contributed by atoms with Gasteiger partial charge in [-0.3, -0.25) is 0 Å². The van der Waals surface area contributed by atoms with Crippen LogP contribution in [0.4, 0.5) is 5.88 Å². The zero-order valence-corrected chi connectivity index (χ0v) is 11.4. The number of hydrogen-bond donors (Lipinski definition) is 1. The van der Waals surface area contributed by atoms with Crippen LogP contribution in [0.2, 0.25) is 0 Å². The molecule has 0 bridgehead atoms. The van der Waals surface area contributed by atoms with E-state index in [9.17, 15) is 0 Å². The molecule has 1 aromatic heterocycles. The molecule has 0 unspecified atom stereocenters. The zero-order chi connectivity index (χ0) is 13.8. The molecule has 0 aliphatic heterocycles. The van der Waals surface area contributed by atoms with Crippen LogP contribution in [0.3, 0.4) is 0 Å². The summed E-state index contributed by atoms with van der Waals surface area (Å²) < 4.78 is 15.4. The van der Waals surface area contributed by atoms with Crippen LogP contribution in [0.1, 0.15) is 16.8 Å². The Labute approximate surface area is 112 Å². The molecule has 0 amide bonds. The number of nitrogens with zero attached hydrogens (tertiary/aromatic N) is 1. The molecule has 0 spiro atoms. The minimum Gasteiger partial charge on any atom is -0.497 e. The quantitative estimate of drug-likeness (QED) is 0.895. The number of aryl methyl sites for hydroxylation is 2. The summed E-state index contributed by atoms with van der Waals surface area (Å²) in [7, 11) is 3.28. The molecule has 0 saturated carbocycles. The van der Waals surface area contributed by atoms with Gasteiger partial charge < -0.3 is 19.7 Å². The molecule has 1 heterocycles. The van der Waals surface area contributed by atoms with Crippen LogP contribution in [0.25, 0.3) is 0 Å². The van der Waals surface area contributed by atoms with E-state index in [-0.39, 0.29) is 0 Å². The number of hydrogen-bond acceptors (Lipinski definition) is 5. The summed E-state index contributed by atoms with van der Waals surface area (Å²) in [5.74, 6) is 1.95. The summed E-state index contributed by atoms with van der Waals surface area (Å²) in [5.41, 5.74) is 8.55. The normalized spacial score (nSPS) is 10.5. The van der Waals surface area contributed by atoms with Gasteiger partial charge in [-0.15, -0.1) is 0 Å². The second-order valence-electron chi connectivity index (χ2n) is 4.34. The van der Waals surface area contributed by atoms with Crippen molar-refractivity contribution in [3.8, 4) is 11.5 Å². The van der Waals surface area contributed by atoms with Gasteiger partial charge in [-0.1, -0.05) is 5.16 Å². The number of anilines is 1. The van der Waals surface area contributed by atoms with Gasteiger partial charge in [0.25, 0.3) is 0 Å². The second kappa shape index (κ2) is 5.65. The van der Waals surface area contributed by atoms with Crippen LogP contribution in [0.5, 0.6) is 11.5 Å². The Bertz CT molecular complexity index is 542. The van der Waals surface area contributed by atoms with Gasteiger partial charge >= 0.3 is 0 Å². The molecular weight excluding hydrogens is 244 g/mol. The first-order valence-electron chi connectivity index (χ1n) is 6.06. The van der Waals surface area contributed by atoms with Gasteiger partial charge in [0, 0.05) is 11.6 Å². The van der Waals surface area contributed by atoms with Crippen molar-refractivity contribution in [1.82, 2.24) is 5.16 Å². The Kier molecular flexibility index (Phi) is 3.94. The lowest BCUT2D eigenvalue weighted by Crippen LogP contribution is -1.96. The summed E-state index contributed by atoms with van der Waals surface area (Å²) >= 11 is 0. The van der Waals surface area contributed by atoms with Crippen molar-refractivity contribution >= 4 is 5.88 Å². The molecule has 0 radical (unpaired) electrons. The summed E-state index contributed by atoms with van der Waals surface area (Å²) in [4.78, 5) is 0.